The second-order valence-electron chi connectivity index (χ2n) is 5.30. The molecule has 0 spiro atoms. The number of anilines is 1. The molecule has 0 atom stereocenters. The van der Waals surface area contributed by atoms with Crippen molar-refractivity contribution in [1.29, 1.82) is 0 Å². The van der Waals surface area contributed by atoms with Crippen LogP contribution in [0.1, 0.15) is 36.0 Å². The molecule has 1 aromatic rings. The molecule has 21 heavy (non-hydrogen) atoms. The molecule has 114 valence electrons. The summed E-state index contributed by atoms with van der Waals surface area (Å²) >= 11 is 0. The Balaban J connectivity index is 2.32. The number of benzene rings is 1. The van der Waals surface area contributed by atoms with Gasteiger partial charge in [0.1, 0.15) is 5.75 Å². The highest BCUT2D eigenvalue weighted by molar-refractivity contribution is 5.99. The molecule has 6 nitrogen and oxygen atoms in total. The summed E-state index contributed by atoms with van der Waals surface area (Å²) in [5, 5.41) is 0. The van der Waals surface area contributed by atoms with E-state index in [4.69, 9.17) is 16.2 Å². The summed E-state index contributed by atoms with van der Waals surface area (Å²) in [6.45, 7) is -0.0819. The highest BCUT2D eigenvalue weighted by Gasteiger charge is 2.30. The molecule has 0 unspecified atom stereocenters. The number of nitrogens with zero attached hydrogens (tertiary/aromatic N) is 1. The number of carbonyl (C=O) groups excluding carboxylic acids is 2. The molecule has 2 rings (SSSR count). The minimum atomic E-state index is -0.516. The molecular formula is C15H21N3O3. The summed E-state index contributed by atoms with van der Waals surface area (Å²) in [5.74, 6) is -0.329. The van der Waals surface area contributed by atoms with E-state index >= 15 is 0 Å². The largest absolute Gasteiger partial charge is 0.496 e. The number of hydrogen-bond donors (Lipinski definition) is 2. The second kappa shape index (κ2) is 6.47. The summed E-state index contributed by atoms with van der Waals surface area (Å²) in [6, 6.07) is 4.95. The van der Waals surface area contributed by atoms with Gasteiger partial charge in [-0.15, -0.1) is 0 Å². The number of methoxy groups -OCH3 is 1. The molecule has 1 aliphatic carbocycles. The minimum Gasteiger partial charge on any atom is -0.496 e. The maximum absolute atomic E-state index is 12.8. The lowest BCUT2D eigenvalue weighted by atomic mass is 10.1. The number of hydrogen-bond acceptors (Lipinski definition) is 4. The molecule has 1 saturated carbocycles. The third-order valence-corrected chi connectivity index (χ3v) is 3.81. The maximum atomic E-state index is 12.8. The number of rotatable bonds is 5. The fourth-order valence-electron chi connectivity index (χ4n) is 2.80. The van der Waals surface area contributed by atoms with Gasteiger partial charge in [0, 0.05) is 11.7 Å². The Labute approximate surface area is 124 Å². The van der Waals surface area contributed by atoms with Crippen LogP contribution in [0.2, 0.25) is 0 Å². The van der Waals surface area contributed by atoms with E-state index in [2.05, 4.69) is 0 Å². The van der Waals surface area contributed by atoms with Gasteiger partial charge in [-0.25, -0.2) is 0 Å². The second-order valence-corrected chi connectivity index (χ2v) is 5.30. The molecule has 0 aliphatic heterocycles. The van der Waals surface area contributed by atoms with E-state index < -0.39 is 5.91 Å². The first kappa shape index (κ1) is 15.2. The first-order chi connectivity index (χ1) is 10.0. The van der Waals surface area contributed by atoms with Crippen LogP contribution in [0.4, 0.5) is 5.69 Å². The van der Waals surface area contributed by atoms with E-state index in [0.29, 0.717) is 17.0 Å². The molecule has 0 aromatic heterocycles. The van der Waals surface area contributed by atoms with Crippen molar-refractivity contribution in [1.82, 2.24) is 4.90 Å². The summed E-state index contributed by atoms with van der Waals surface area (Å²) in [4.78, 5) is 25.6. The average molecular weight is 291 g/mol. The molecule has 0 heterocycles. The third kappa shape index (κ3) is 3.45. The van der Waals surface area contributed by atoms with Crippen molar-refractivity contribution in [2.45, 2.75) is 31.7 Å². The zero-order valence-electron chi connectivity index (χ0n) is 12.2. The van der Waals surface area contributed by atoms with Gasteiger partial charge in [-0.3, -0.25) is 9.59 Å². The lowest BCUT2D eigenvalue weighted by Gasteiger charge is -2.28. The monoisotopic (exact) mass is 291 g/mol. The molecule has 4 N–H and O–H groups in total. The fraction of sp³-hybridized carbons (Fsp3) is 0.467. The van der Waals surface area contributed by atoms with Crippen LogP contribution in [0.5, 0.6) is 5.75 Å². The number of amides is 2. The topological polar surface area (TPSA) is 98.7 Å². The third-order valence-electron chi connectivity index (χ3n) is 3.81. The van der Waals surface area contributed by atoms with E-state index in [-0.39, 0.29) is 18.5 Å². The van der Waals surface area contributed by atoms with Crippen LogP contribution in [0.15, 0.2) is 18.2 Å². The van der Waals surface area contributed by atoms with E-state index in [1.165, 1.54) is 7.11 Å². The molecule has 1 aromatic carbocycles. The van der Waals surface area contributed by atoms with Crippen molar-refractivity contribution >= 4 is 17.5 Å². The van der Waals surface area contributed by atoms with Crippen LogP contribution >= 0.6 is 0 Å². The predicted molar refractivity (Wildman–Crippen MR) is 79.9 cm³/mol. The van der Waals surface area contributed by atoms with Gasteiger partial charge in [0.05, 0.1) is 19.2 Å². The Kier molecular flexibility index (Phi) is 4.67. The molecule has 6 heteroatoms. The van der Waals surface area contributed by atoms with Crippen LogP contribution in [-0.4, -0.2) is 36.4 Å². The van der Waals surface area contributed by atoms with Crippen molar-refractivity contribution in [3.8, 4) is 5.75 Å². The molecule has 0 radical (unpaired) electrons. The van der Waals surface area contributed by atoms with Gasteiger partial charge in [0.15, 0.2) is 0 Å². The predicted octanol–water partition coefficient (Wildman–Crippen LogP) is 1.15. The van der Waals surface area contributed by atoms with Crippen LogP contribution in [0, 0.1) is 0 Å². The van der Waals surface area contributed by atoms with Gasteiger partial charge in [-0.05, 0) is 31.0 Å². The smallest absolute Gasteiger partial charge is 0.258 e. The van der Waals surface area contributed by atoms with Crippen LogP contribution in [-0.2, 0) is 4.79 Å². The Morgan fingerprint density at radius 1 is 1.33 bits per heavy atom. The average Bonchev–Trinajstić information content (AvgIpc) is 2.97. The van der Waals surface area contributed by atoms with Gasteiger partial charge in [-0.2, -0.15) is 0 Å². The normalized spacial score (nSPS) is 14.9. The van der Waals surface area contributed by atoms with Gasteiger partial charge >= 0.3 is 0 Å². The Hall–Kier alpha value is -2.24. The van der Waals surface area contributed by atoms with Gasteiger partial charge in [0.2, 0.25) is 5.91 Å². The number of ether oxygens (including phenoxy) is 1. The summed E-state index contributed by atoms with van der Waals surface area (Å²) < 4.78 is 5.22. The number of nitrogen functional groups attached to an aromatic ring is 1. The molecule has 2 amide bonds. The summed E-state index contributed by atoms with van der Waals surface area (Å²) in [6.07, 6.45) is 3.90. The summed E-state index contributed by atoms with van der Waals surface area (Å²) in [7, 11) is 1.50. The molecule has 1 aliphatic rings. The number of primary amides is 1. The van der Waals surface area contributed by atoms with Crippen molar-refractivity contribution in [2.75, 3.05) is 19.4 Å². The Bertz CT molecular complexity index is 539. The zero-order chi connectivity index (χ0) is 15.4. The summed E-state index contributed by atoms with van der Waals surface area (Å²) in [5.41, 5.74) is 11.9. The Morgan fingerprint density at radius 3 is 2.57 bits per heavy atom. The molecule has 0 saturated heterocycles. The lowest BCUT2D eigenvalue weighted by molar-refractivity contribution is -0.119. The first-order valence-corrected chi connectivity index (χ1v) is 7.05. The SMILES string of the molecule is COc1ccc(N)cc1C(=O)N(CC(N)=O)C1CCCC1. The molecule has 0 bridgehead atoms. The van der Waals surface area contributed by atoms with Gasteiger partial charge in [-0.1, -0.05) is 12.8 Å². The fourth-order valence-corrected chi connectivity index (χ4v) is 2.80. The minimum absolute atomic E-state index is 0.0520. The van der Waals surface area contributed by atoms with E-state index in [1.807, 2.05) is 0 Å². The van der Waals surface area contributed by atoms with Crippen molar-refractivity contribution in [3.63, 3.8) is 0 Å². The van der Waals surface area contributed by atoms with Crippen molar-refractivity contribution in [2.24, 2.45) is 5.73 Å². The van der Waals surface area contributed by atoms with Crippen LogP contribution in [0.3, 0.4) is 0 Å². The number of nitrogens with two attached hydrogens (primary N) is 2. The molecule has 1 fully saturated rings. The van der Waals surface area contributed by atoms with Gasteiger partial charge in [0.25, 0.3) is 5.91 Å². The lowest BCUT2D eigenvalue weighted by Crippen LogP contribution is -2.44. The Morgan fingerprint density at radius 2 is 2.00 bits per heavy atom. The first-order valence-electron chi connectivity index (χ1n) is 7.05. The van der Waals surface area contributed by atoms with Crippen LogP contribution in [0.25, 0.3) is 0 Å². The van der Waals surface area contributed by atoms with E-state index in [1.54, 1.807) is 23.1 Å². The molecular weight excluding hydrogens is 270 g/mol. The highest BCUT2D eigenvalue weighted by atomic mass is 16.5. The highest BCUT2D eigenvalue weighted by Crippen LogP contribution is 2.28. The van der Waals surface area contributed by atoms with Crippen molar-refractivity contribution < 1.29 is 14.3 Å². The van der Waals surface area contributed by atoms with Crippen molar-refractivity contribution in [3.05, 3.63) is 23.8 Å². The quantitative estimate of drug-likeness (QED) is 0.795. The van der Waals surface area contributed by atoms with E-state index in [0.717, 1.165) is 25.7 Å². The zero-order valence-corrected chi connectivity index (χ0v) is 12.2. The maximum Gasteiger partial charge on any atom is 0.258 e. The van der Waals surface area contributed by atoms with Gasteiger partial charge < -0.3 is 21.1 Å². The number of carbonyl (C=O) groups is 2. The standard InChI is InChI=1S/C15H21N3O3/c1-21-13-7-6-10(16)8-12(13)15(20)18(9-14(17)19)11-4-2-3-5-11/h6-8,11H,2-5,9,16H2,1H3,(H2,17,19). The van der Waals surface area contributed by atoms with Crippen LogP contribution < -0.4 is 16.2 Å². The van der Waals surface area contributed by atoms with E-state index in [9.17, 15) is 9.59 Å².